The van der Waals surface area contributed by atoms with Crippen molar-refractivity contribution in [2.24, 2.45) is 0 Å². The van der Waals surface area contributed by atoms with Gasteiger partial charge in [-0.25, -0.2) is 0 Å². The maximum Gasteiger partial charge on any atom is 0.215 e. The number of hydrogen-bond donors (Lipinski definition) is 1. The molecule has 0 aromatic carbocycles. The van der Waals surface area contributed by atoms with Gasteiger partial charge in [-0.2, -0.15) is 4.98 Å². The molecule has 2 aromatic rings. The van der Waals surface area contributed by atoms with Crippen LogP contribution in [0.25, 0.3) is 11.2 Å². The molecule has 1 fully saturated rings. The fraction of sp³-hybridized carbons (Fsp3) is 0.538. The molecule has 0 bridgehead atoms. The molecule has 0 amide bonds. The first-order valence-electron chi connectivity index (χ1n) is 6.47. The van der Waals surface area contributed by atoms with E-state index in [-0.39, 0.29) is 12.1 Å². The van der Waals surface area contributed by atoms with Crippen LogP contribution in [-0.4, -0.2) is 34.4 Å². The summed E-state index contributed by atoms with van der Waals surface area (Å²) in [6.07, 6.45) is 2.39. The van der Waals surface area contributed by atoms with Gasteiger partial charge in [-0.15, -0.1) is 0 Å². The quantitative estimate of drug-likeness (QED) is 0.878. The largest absolute Gasteiger partial charge is 0.481 e. The van der Waals surface area contributed by atoms with Crippen molar-refractivity contribution in [3.8, 4) is 5.88 Å². The molecule has 3 heterocycles. The topological polar surface area (TPSA) is 52.1 Å². The predicted octanol–water partition coefficient (Wildman–Crippen LogP) is 2.84. The average Bonchev–Trinajstić information content (AvgIpc) is 3.03. The highest BCUT2D eigenvalue weighted by atomic mass is 32.1. The van der Waals surface area contributed by atoms with Crippen LogP contribution in [0.15, 0.2) is 12.1 Å². The number of rotatable bonds is 3. The lowest BCUT2D eigenvalue weighted by molar-refractivity contribution is 0.0739. The van der Waals surface area contributed by atoms with Crippen LogP contribution in [0.5, 0.6) is 5.88 Å². The first-order chi connectivity index (χ1) is 9.20. The first kappa shape index (κ1) is 12.6. The van der Waals surface area contributed by atoms with Crippen molar-refractivity contribution < 1.29 is 9.47 Å². The minimum Gasteiger partial charge on any atom is -0.481 e. The van der Waals surface area contributed by atoms with E-state index < -0.39 is 0 Å². The summed E-state index contributed by atoms with van der Waals surface area (Å²) in [5.41, 5.74) is 1.75. The van der Waals surface area contributed by atoms with E-state index in [2.05, 4.69) is 16.9 Å². The van der Waals surface area contributed by atoms with Crippen LogP contribution >= 0.6 is 12.2 Å². The summed E-state index contributed by atoms with van der Waals surface area (Å²) >= 11 is 5.42. The summed E-state index contributed by atoms with van der Waals surface area (Å²) < 4.78 is 13.7. The fourth-order valence-corrected chi connectivity index (χ4v) is 2.99. The molecule has 19 heavy (non-hydrogen) atoms. The third-order valence-corrected chi connectivity index (χ3v) is 3.96. The molecule has 2 atom stereocenters. The normalized spacial score (nSPS) is 20.8. The lowest BCUT2D eigenvalue weighted by Crippen LogP contribution is -2.21. The van der Waals surface area contributed by atoms with Crippen molar-refractivity contribution in [3.05, 3.63) is 16.9 Å². The Labute approximate surface area is 116 Å². The number of nitrogens with zero attached hydrogens (tertiary/aromatic N) is 2. The number of nitrogens with one attached hydrogen (secondary N) is 1. The van der Waals surface area contributed by atoms with Crippen molar-refractivity contribution in [1.82, 2.24) is 14.5 Å². The summed E-state index contributed by atoms with van der Waals surface area (Å²) in [5.74, 6) is 0.592. The van der Waals surface area contributed by atoms with E-state index in [0.717, 1.165) is 30.6 Å². The van der Waals surface area contributed by atoms with Gasteiger partial charge in [0.2, 0.25) is 5.88 Å². The molecule has 2 aromatic heterocycles. The van der Waals surface area contributed by atoms with E-state index in [0.29, 0.717) is 10.7 Å². The average molecular weight is 279 g/mol. The number of aromatic nitrogens is 3. The zero-order valence-corrected chi connectivity index (χ0v) is 11.9. The zero-order chi connectivity index (χ0) is 13.4. The number of H-pyrrole nitrogens is 1. The van der Waals surface area contributed by atoms with E-state index >= 15 is 0 Å². The van der Waals surface area contributed by atoms with E-state index in [1.807, 2.05) is 16.7 Å². The van der Waals surface area contributed by atoms with Gasteiger partial charge in [-0.05, 0) is 38.0 Å². The van der Waals surface area contributed by atoms with Crippen LogP contribution in [0.3, 0.4) is 0 Å². The van der Waals surface area contributed by atoms with Gasteiger partial charge >= 0.3 is 0 Å². The van der Waals surface area contributed by atoms with Crippen LogP contribution in [0, 0.1) is 4.77 Å². The Morgan fingerprint density at radius 1 is 1.58 bits per heavy atom. The molecule has 0 saturated carbocycles. The molecule has 5 nitrogen and oxygen atoms in total. The van der Waals surface area contributed by atoms with E-state index in [4.69, 9.17) is 21.7 Å². The molecule has 0 aliphatic carbocycles. The van der Waals surface area contributed by atoms with Crippen molar-refractivity contribution in [2.75, 3.05) is 13.7 Å². The van der Waals surface area contributed by atoms with Gasteiger partial charge in [0, 0.05) is 12.7 Å². The second kappa shape index (κ2) is 4.94. The monoisotopic (exact) mass is 279 g/mol. The molecule has 1 aliphatic heterocycles. The van der Waals surface area contributed by atoms with Gasteiger partial charge in [0.25, 0.3) is 0 Å². The van der Waals surface area contributed by atoms with Gasteiger partial charge in [-0.3, -0.25) is 4.57 Å². The molecule has 6 heteroatoms. The maximum absolute atomic E-state index is 5.76. The SMILES string of the molecule is COc1ccc2[nH]c(=S)n(C(C)C3CCCO3)c2n1. The number of imidazole rings is 1. The second-order valence-corrected chi connectivity index (χ2v) is 5.20. The smallest absolute Gasteiger partial charge is 0.215 e. The number of pyridine rings is 1. The summed E-state index contributed by atoms with van der Waals surface area (Å²) in [6.45, 7) is 2.96. The van der Waals surface area contributed by atoms with Crippen LogP contribution in [0.2, 0.25) is 0 Å². The fourth-order valence-electron chi connectivity index (χ4n) is 2.62. The van der Waals surface area contributed by atoms with Crippen molar-refractivity contribution in [1.29, 1.82) is 0 Å². The first-order valence-corrected chi connectivity index (χ1v) is 6.88. The standard InChI is InChI=1S/C13H17N3O2S/c1-8(10-4-3-7-18-10)16-12-9(14-13(16)19)5-6-11(15-12)17-2/h5-6,8,10H,3-4,7H2,1-2H3,(H,14,19). The maximum atomic E-state index is 5.76. The van der Waals surface area contributed by atoms with Gasteiger partial charge in [0.1, 0.15) is 0 Å². The summed E-state index contributed by atoms with van der Waals surface area (Å²) in [6, 6.07) is 3.94. The van der Waals surface area contributed by atoms with Gasteiger partial charge in [0.15, 0.2) is 10.4 Å². The van der Waals surface area contributed by atoms with Gasteiger partial charge in [0.05, 0.1) is 24.8 Å². The lowest BCUT2D eigenvalue weighted by Gasteiger charge is -2.20. The molecule has 3 rings (SSSR count). The van der Waals surface area contributed by atoms with Crippen molar-refractivity contribution in [3.63, 3.8) is 0 Å². The minimum atomic E-state index is 0.170. The van der Waals surface area contributed by atoms with Crippen LogP contribution in [0.4, 0.5) is 0 Å². The molecule has 0 radical (unpaired) electrons. The highest BCUT2D eigenvalue weighted by Crippen LogP contribution is 2.28. The highest BCUT2D eigenvalue weighted by molar-refractivity contribution is 7.71. The van der Waals surface area contributed by atoms with E-state index in [1.54, 1.807) is 7.11 Å². The summed E-state index contributed by atoms with van der Waals surface area (Å²) in [7, 11) is 1.61. The van der Waals surface area contributed by atoms with Gasteiger partial charge in [-0.1, -0.05) is 0 Å². The molecule has 1 aliphatic rings. The van der Waals surface area contributed by atoms with Gasteiger partial charge < -0.3 is 14.5 Å². The third-order valence-electron chi connectivity index (χ3n) is 3.66. The van der Waals surface area contributed by atoms with Crippen LogP contribution in [0.1, 0.15) is 25.8 Å². The lowest BCUT2D eigenvalue weighted by atomic mass is 10.1. The van der Waals surface area contributed by atoms with Crippen molar-refractivity contribution in [2.45, 2.75) is 31.9 Å². The van der Waals surface area contributed by atoms with E-state index in [1.165, 1.54) is 0 Å². The molecule has 1 N–H and O–H groups in total. The second-order valence-electron chi connectivity index (χ2n) is 4.82. The third kappa shape index (κ3) is 2.15. The van der Waals surface area contributed by atoms with Crippen LogP contribution < -0.4 is 4.74 Å². The number of fused-ring (bicyclic) bond motifs is 1. The minimum absolute atomic E-state index is 0.170. The predicted molar refractivity (Wildman–Crippen MR) is 75.2 cm³/mol. The Hall–Kier alpha value is -1.40. The Kier molecular flexibility index (Phi) is 3.28. The molecular weight excluding hydrogens is 262 g/mol. The van der Waals surface area contributed by atoms with E-state index in [9.17, 15) is 0 Å². The van der Waals surface area contributed by atoms with Crippen LogP contribution in [-0.2, 0) is 4.74 Å². The Bertz CT molecular complexity index is 643. The number of methoxy groups -OCH3 is 1. The summed E-state index contributed by atoms with van der Waals surface area (Å²) in [4.78, 5) is 7.68. The number of hydrogen-bond acceptors (Lipinski definition) is 4. The molecule has 2 unspecified atom stereocenters. The Morgan fingerprint density at radius 2 is 2.42 bits per heavy atom. The molecular formula is C13H17N3O2S. The number of aromatic amines is 1. The molecule has 0 spiro atoms. The van der Waals surface area contributed by atoms with Crippen molar-refractivity contribution >= 4 is 23.4 Å². The number of ether oxygens (including phenoxy) is 2. The molecule has 102 valence electrons. The Balaban J connectivity index is 2.10. The Morgan fingerprint density at radius 3 is 3.11 bits per heavy atom. The highest BCUT2D eigenvalue weighted by Gasteiger charge is 2.26. The zero-order valence-electron chi connectivity index (χ0n) is 11.0. The summed E-state index contributed by atoms with van der Waals surface area (Å²) in [5, 5.41) is 0. The molecule has 1 saturated heterocycles.